The highest BCUT2D eigenvalue weighted by Gasteiger charge is 2.20. The quantitative estimate of drug-likeness (QED) is 0.656. The number of methoxy groups -OCH3 is 1. The zero-order valence-corrected chi connectivity index (χ0v) is 10.4. The van der Waals surface area contributed by atoms with Crippen LogP contribution in [0.25, 0.3) is 0 Å². The maximum atomic E-state index is 5.11. The van der Waals surface area contributed by atoms with Gasteiger partial charge in [0.2, 0.25) is 0 Å². The zero-order chi connectivity index (χ0) is 10.9. The van der Waals surface area contributed by atoms with Crippen molar-refractivity contribution in [2.24, 2.45) is 5.92 Å². The predicted molar refractivity (Wildman–Crippen MR) is 65.1 cm³/mol. The molecule has 0 radical (unpaired) electrons. The molecule has 2 atom stereocenters. The van der Waals surface area contributed by atoms with Crippen molar-refractivity contribution in [2.75, 3.05) is 20.3 Å². The molecule has 1 aliphatic carbocycles. The van der Waals surface area contributed by atoms with E-state index in [0.717, 1.165) is 18.6 Å². The summed E-state index contributed by atoms with van der Waals surface area (Å²) in [6.07, 6.45) is 9.49. The predicted octanol–water partition coefficient (Wildman–Crippen LogP) is 2.97. The van der Waals surface area contributed by atoms with Crippen LogP contribution in [0.1, 0.15) is 51.9 Å². The van der Waals surface area contributed by atoms with E-state index in [4.69, 9.17) is 4.74 Å². The van der Waals surface area contributed by atoms with Crippen LogP contribution in [0.2, 0.25) is 0 Å². The molecule has 0 aromatic carbocycles. The SMILES string of the molecule is CCCNC1CCCC(CCCOC)C1. The Morgan fingerprint density at radius 2 is 2.20 bits per heavy atom. The summed E-state index contributed by atoms with van der Waals surface area (Å²) in [6, 6.07) is 0.797. The van der Waals surface area contributed by atoms with E-state index >= 15 is 0 Å². The molecule has 0 aromatic heterocycles. The van der Waals surface area contributed by atoms with Crippen molar-refractivity contribution in [3.05, 3.63) is 0 Å². The van der Waals surface area contributed by atoms with Gasteiger partial charge in [0.05, 0.1) is 0 Å². The molecule has 1 rings (SSSR count). The second kappa shape index (κ2) is 8.12. The van der Waals surface area contributed by atoms with Gasteiger partial charge in [0.25, 0.3) is 0 Å². The van der Waals surface area contributed by atoms with Gasteiger partial charge in [-0.15, -0.1) is 0 Å². The van der Waals surface area contributed by atoms with Gasteiger partial charge in [-0.3, -0.25) is 0 Å². The lowest BCUT2D eigenvalue weighted by atomic mass is 9.83. The average Bonchev–Trinajstić information content (AvgIpc) is 2.27. The monoisotopic (exact) mass is 213 g/mol. The molecule has 0 amide bonds. The summed E-state index contributed by atoms with van der Waals surface area (Å²) in [5.41, 5.74) is 0. The van der Waals surface area contributed by atoms with Crippen LogP contribution in [0.15, 0.2) is 0 Å². The molecule has 0 heterocycles. The molecule has 0 spiro atoms. The van der Waals surface area contributed by atoms with Crippen LogP contribution in [0.4, 0.5) is 0 Å². The fourth-order valence-electron chi connectivity index (χ4n) is 2.60. The molecular formula is C13H27NO. The van der Waals surface area contributed by atoms with Crippen LogP contribution in [0.5, 0.6) is 0 Å². The summed E-state index contributed by atoms with van der Waals surface area (Å²) in [4.78, 5) is 0. The van der Waals surface area contributed by atoms with E-state index < -0.39 is 0 Å². The average molecular weight is 213 g/mol. The van der Waals surface area contributed by atoms with E-state index in [2.05, 4.69) is 12.2 Å². The summed E-state index contributed by atoms with van der Waals surface area (Å²) < 4.78 is 5.11. The van der Waals surface area contributed by atoms with Crippen molar-refractivity contribution in [1.82, 2.24) is 5.32 Å². The zero-order valence-electron chi connectivity index (χ0n) is 10.4. The minimum Gasteiger partial charge on any atom is -0.385 e. The van der Waals surface area contributed by atoms with Gasteiger partial charge in [0.15, 0.2) is 0 Å². The number of hydrogen-bond acceptors (Lipinski definition) is 2. The minimum atomic E-state index is 0.797. The van der Waals surface area contributed by atoms with E-state index in [1.54, 1.807) is 7.11 Å². The highest BCUT2D eigenvalue weighted by atomic mass is 16.5. The Labute approximate surface area is 94.8 Å². The topological polar surface area (TPSA) is 21.3 Å². The number of hydrogen-bond donors (Lipinski definition) is 1. The molecule has 0 bridgehead atoms. The van der Waals surface area contributed by atoms with Gasteiger partial charge in [-0.2, -0.15) is 0 Å². The Hall–Kier alpha value is -0.0800. The highest BCUT2D eigenvalue weighted by Crippen LogP contribution is 2.27. The van der Waals surface area contributed by atoms with Crippen molar-refractivity contribution in [3.8, 4) is 0 Å². The highest BCUT2D eigenvalue weighted by molar-refractivity contribution is 4.77. The van der Waals surface area contributed by atoms with Gasteiger partial charge in [-0.05, 0) is 44.6 Å². The first-order valence-electron chi connectivity index (χ1n) is 6.59. The first-order valence-corrected chi connectivity index (χ1v) is 6.59. The van der Waals surface area contributed by atoms with Gasteiger partial charge in [-0.25, -0.2) is 0 Å². The third kappa shape index (κ3) is 5.53. The van der Waals surface area contributed by atoms with Gasteiger partial charge >= 0.3 is 0 Å². The molecule has 2 heteroatoms. The van der Waals surface area contributed by atoms with Crippen LogP contribution >= 0.6 is 0 Å². The van der Waals surface area contributed by atoms with Gasteiger partial charge < -0.3 is 10.1 Å². The maximum absolute atomic E-state index is 5.11. The lowest BCUT2D eigenvalue weighted by Gasteiger charge is -2.29. The van der Waals surface area contributed by atoms with Crippen molar-refractivity contribution < 1.29 is 4.74 Å². The van der Waals surface area contributed by atoms with E-state index in [9.17, 15) is 0 Å². The van der Waals surface area contributed by atoms with Gasteiger partial charge in [-0.1, -0.05) is 19.8 Å². The summed E-state index contributed by atoms with van der Waals surface area (Å²) in [5.74, 6) is 0.947. The molecular weight excluding hydrogens is 186 g/mol. The Kier molecular flexibility index (Phi) is 7.03. The van der Waals surface area contributed by atoms with Crippen molar-refractivity contribution in [1.29, 1.82) is 0 Å². The van der Waals surface area contributed by atoms with Gasteiger partial charge in [0, 0.05) is 19.8 Å². The minimum absolute atomic E-state index is 0.797. The van der Waals surface area contributed by atoms with E-state index in [1.807, 2.05) is 0 Å². The van der Waals surface area contributed by atoms with Crippen LogP contribution < -0.4 is 5.32 Å². The number of nitrogens with one attached hydrogen (secondary N) is 1. The summed E-state index contributed by atoms with van der Waals surface area (Å²) in [6.45, 7) is 4.37. The van der Waals surface area contributed by atoms with Crippen LogP contribution in [0, 0.1) is 5.92 Å². The smallest absolute Gasteiger partial charge is 0.0462 e. The Morgan fingerprint density at radius 1 is 1.33 bits per heavy atom. The van der Waals surface area contributed by atoms with Crippen molar-refractivity contribution in [3.63, 3.8) is 0 Å². The second-order valence-corrected chi connectivity index (χ2v) is 4.82. The van der Waals surface area contributed by atoms with Crippen LogP contribution in [-0.2, 0) is 4.74 Å². The third-order valence-electron chi connectivity index (χ3n) is 3.43. The van der Waals surface area contributed by atoms with E-state index in [0.29, 0.717) is 0 Å². The molecule has 0 aromatic rings. The van der Waals surface area contributed by atoms with E-state index in [1.165, 1.54) is 51.5 Å². The molecule has 0 saturated heterocycles. The van der Waals surface area contributed by atoms with E-state index in [-0.39, 0.29) is 0 Å². The molecule has 90 valence electrons. The standard InChI is InChI=1S/C13H27NO/c1-3-9-14-13-8-4-6-12(11-13)7-5-10-15-2/h12-14H,3-11H2,1-2H3. The molecule has 1 aliphatic rings. The molecule has 1 saturated carbocycles. The molecule has 2 nitrogen and oxygen atoms in total. The first-order chi connectivity index (χ1) is 7.36. The van der Waals surface area contributed by atoms with Crippen LogP contribution in [0.3, 0.4) is 0 Å². The number of rotatable bonds is 7. The fourth-order valence-corrected chi connectivity index (χ4v) is 2.60. The van der Waals surface area contributed by atoms with Crippen molar-refractivity contribution in [2.45, 2.75) is 57.9 Å². The Balaban J connectivity index is 2.11. The normalized spacial score (nSPS) is 26.8. The first kappa shape index (κ1) is 13.0. The summed E-state index contributed by atoms with van der Waals surface area (Å²) in [5, 5.41) is 3.66. The second-order valence-electron chi connectivity index (χ2n) is 4.82. The lowest BCUT2D eigenvalue weighted by Crippen LogP contribution is -2.34. The number of ether oxygens (including phenoxy) is 1. The molecule has 0 aliphatic heterocycles. The molecule has 1 fully saturated rings. The lowest BCUT2D eigenvalue weighted by molar-refractivity contribution is 0.177. The summed E-state index contributed by atoms with van der Waals surface area (Å²) >= 11 is 0. The third-order valence-corrected chi connectivity index (χ3v) is 3.43. The molecule has 2 unspecified atom stereocenters. The molecule has 15 heavy (non-hydrogen) atoms. The Bertz CT molecular complexity index is 149. The maximum Gasteiger partial charge on any atom is 0.0462 e. The molecule has 1 N–H and O–H groups in total. The Morgan fingerprint density at radius 3 is 2.93 bits per heavy atom. The van der Waals surface area contributed by atoms with Crippen molar-refractivity contribution >= 4 is 0 Å². The van der Waals surface area contributed by atoms with Gasteiger partial charge in [0.1, 0.15) is 0 Å². The van der Waals surface area contributed by atoms with Crippen LogP contribution in [-0.4, -0.2) is 26.3 Å². The fraction of sp³-hybridized carbons (Fsp3) is 1.00. The largest absolute Gasteiger partial charge is 0.385 e. The summed E-state index contributed by atoms with van der Waals surface area (Å²) in [7, 11) is 1.80.